The molecule has 1 rings (SSSR count). The summed E-state index contributed by atoms with van der Waals surface area (Å²) in [6, 6.07) is 6.43. The molecule has 0 aliphatic heterocycles. The second-order valence-electron chi connectivity index (χ2n) is 3.41. The van der Waals surface area contributed by atoms with Gasteiger partial charge in [0.1, 0.15) is 0 Å². The fraction of sp³-hybridized carbons (Fsp3) is 0.333. The van der Waals surface area contributed by atoms with Crippen LogP contribution in [0.15, 0.2) is 29.2 Å². The van der Waals surface area contributed by atoms with Crippen molar-refractivity contribution < 1.29 is 16.8 Å². The fourth-order valence-electron chi connectivity index (χ4n) is 1.23. The molecule has 0 heterocycles. The van der Waals surface area contributed by atoms with Gasteiger partial charge in [-0.05, 0) is 18.6 Å². The summed E-state index contributed by atoms with van der Waals surface area (Å²) < 4.78 is 47.1. The highest BCUT2D eigenvalue weighted by molar-refractivity contribution is 8.13. The van der Waals surface area contributed by atoms with Gasteiger partial charge in [0.25, 0.3) is 0 Å². The number of sulfonamides is 1. The van der Waals surface area contributed by atoms with E-state index in [1.807, 2.05) is 0 Å². The average Bonchev–Trinajstić information content (AvgIpc) is 2.15. The molecule has 0 bridgehead atoms. The predicted octanol–water partition coefficient (Wildman–Crippen LogP) is 0.842. The first-order valence-corrected chi connectivity index (χ1v) is 8.66. The summed E-state index contributed by atoms with van der Waals surface area (Å²) >= 11 is 0. The van der Waals surface area contributed by atoms with Gasteiger partial charge in [0.2, 0.25) is 19.1 Å². The molecule has 0 radical (unpaired) electrons. The zero-order chi connectivity index (χ0) is 13.1. The minimum absolute atomic E-state index is 0.131. The van der Waals surface area contributed by atoms with Gasteiger partial charge in [-0.1, -0.05) is 18.2 Å². The zero-order valence-electron chi connectivity index (χ0n) is 9.05. The third-order valence-corrected chi connectivity index (χ3v) is 4.80. The topological polar surface area (TPSA) is 80.3 Å². The summed E-state index contributed by atoms with van der Waals surface area (Å²) in [7, 11) is -2.40. The lowest BCUT2D eigenvalue weighted by Crippen LogP contribution is -2.28. The second-order valence-corrected chi connectivity index (χ2v) is 8.04. The fourth-order valence-corrected chi connectivity index (χ4v) is 3.22. The van der Waals surface area contributed by atoms with Crippen molar-refractivity contribution in [1.82, 2.24) is 4.72 Å². The summed E-state index contributed by atoms with van der Waals surface area (Å²) in [6.45, 7) is 1.41. The lowest BCUT2D eigenvalue weighted by atomic mass is 10.2. The number of rotatable bonds is 5. The Kier molecular flexibility index (Phi) is 4.54. The highest BCUT2D eigenvalue weighted by Crippen LogP contribution is 2.13. The van der Waals surface area contributed by atoms with E-state index in [0.29, 0.717) is 5.56 Å². The molecule has 17 heavy (non-hydrogen) atoms. The van der Waals surface area contributed by atoms with E-state index < -0.39 is 24.8 Å². The lowest BCUT2D eigenvalue weighted by molar-refractivity contribution is 0.582. The highest BCUT2D eigenvalue weighted by atomic mass is 35.7. The maximum absolute atomic E-state index is 11.8. The van der Waals surface area contributed by atoms with Crippen LogP contribution >= 0.6 is 10.7 Å². The van der Waals surface area contributed by atoms with Gasteiger partial charge in [-0.15, -0.1) is 0 Å². The van der Waals surface area contributed by atoms with E-state index in [1.54, 1.807) is 25.1 Å². The summed E-state index contributed by atoms with van der Waals surface area (Å²) in [5.74, 6) is -0.445. The van der Waals surface area contributed by atoms with Crippen molar-refractivity contribution in [3.05, 3.63) is 29.8 Å². The minimum Gasteiger partial charge on any atom is -0.212 e. The van der Waals surface area contributed by atoms with Crippen molar-refractivity contribution in [2.24, 2.45) is 0 Å². The molecule has 0 fully saturated rings. The number of nitrogens with one attached hydrogen (secondary N) is 1. The van der Waals surface area contributed by atoms with Gasteiger partial charge in [0, 0.05) is 17.2 Å². The Hall–Kier alpha value is -0.630. The van der Waals surface area contributed by atoms with Crippen molar-refractivity contribution in [3.8, 4) is 0 Å². The first-order valence-electron chi connectivity index (χ1n) is 4.70. The Morgan fingerprint density at radius 1 is 1.18 bits per heavy atom. The molecule has 0 amide bonds. The van der Waals surface area contributed by atoms with Gasteiger partial charge in [-0.3, -0.25) is 0 Å². The van der Waals surface area contributed by atoms with E-state index >= 15 is 0 Å². The number of hydrogen-bond donors (Lipinski definition) is 1. The van der Waals surface area contributed by atoms with Crippen molar-refractivity contribution in [1.29, 1.82) is 0 Å². The van der Waals surface area contributed by atoms with Crippen LogP contribution in [-0.2, 0) is 19.1 Å². The Morgan fingerprint density at radius 3 is 2.29 bits per heavy atom. The van der Waals surface area contributed by atoms with Crippen LogP contribution in [0.25, 0.3) is 0 Å². The molecule has 0 aliphatic rings. The molecule has 0 atom stereocenters. The average molecular weight is 298 g/mol. The first-order chi connectivity index (χ1) is 7.72. The summed E-state index contributed by atoms with van der Waals surface area (Å²) in [5.41, 5.74) is 0.591. The van der Waals surface area contributed by atoms with Crippen molar-refractivity contribution in [2.75, 3.05) is 12.3 Å². The molecule has 0 saturated heterocycles. The Balaban J connectivity index is 2.81. The predicted molar refractivity (Wildman–Crippen MR) is 66.0 cm³/mol. The monoisotopic (exact) mass is 297 g/mol. The molecular weight excluding hydrogens is 286 g/mol. The van der Waals surface area contributed by atoms with Crippen LogP contribution in [0.3, 0.4) is 0 Å². The maximum Gasteiger partial charge on any atom is 0.240 e. The number of halogens is 1. The molecule has 96 valence electrons. The van der Waals surface area contributed by atoms with Crippen LogP contribution in [0.2, 0.25) is 0 Å². The Morgan fingerprint density at radius 2 is 1.76 bits per heavy atom. The molecule has 0 aliphatic carbocycles. The van der Waals surface area contributed by atoms with E-state index in [1.165, 1.54) is 6.07 Å². The molecule has 1 aromatic rings. The van der Waals surface area contributed by atoms with E-state index in [0.717, 1.165) is 0 Å². The number of hydrogen-bond acceptors (Lipinski definition) is 4. The van der Waals surface area contributed by atoms with Crippen LogP contribution in [-0.4, -0.2) is 29.1 Å². The van der Waals surface area contributed by atoms with Crippen molar-refractivity contribution in [2.45, 2.75) is 11.8 Å². The van der Waals surface area contributed by atoms with Gasteiger partial charge in [0.15, 0.2) is 0 Å². The molecule has 0 unspecified atom stereocenters. The van der Waals surface area contributed by atoms with Crippen molar-refractivity contribution in [3.63, 3.8) is 0 Å². The van der Waals surface area contributed by atoms with E-state index in [2.05, 4.69) is 4.72 Å². The number of benzene rings is 1. The van der Waals surface area contributed by atoms with Gasteiger partial charge in [0.05, 0.1) is 10.6 Å². The largest absolute Gasteiger partial charge is 0.240 e. The molecule has 1 N–H and O–H groups in total. The normalized spacial score (nSPS) is 12.6. The molecule has 0 spiro atoms. The summed E-state index contributed by atoms with van der Waals surface area (Å²) in [5, 5.41) is 0. The van der Waals surface area contributed by atoms with Crippen LogP contribution in [0.4, 0.5) is 0 Å². The van der Waals surface area contributed by atoms with E-state index in [-0.39, 0.29) is 11.4 Å². The van der Waals surface area contributed by atoms with E-state index in [4.69, 9.17) is 10.7 Å². The maximum atomic E-state index is 11.8. The standard InChI is InChI=1S/C9H12ClNO4S2/c1-8-4-2-3-5-9(8)17(14,15)11-6-7-16(10,12)13/h2-5,11H,6-7H2,1H3. The molecule has 1 aromatic carbocycles. The third kappa shape index (κ3) is 4.63. The smallest absolute Gasteiger partial charge is 0.212 e. The number of aryl methyl sites for hydroxylation is 1. The third-order valence-electron chi connectivity index (χ3n) is 2.02. The highest BCUT2D eigenvalue weighted by Gasteiger charge is 2.16. The minimum atomic E-state index is -3.69. The SMILES string of the molecule is Cc1ccccc1S(=O)(=O)NCCS(=O)(=O)Cl. The first kappa shape index (κ1) is 14.4. The van der Waals surface area contributed by atoms with Crippen LogP contribution in [0.5, 0.6) is 0 Å². The molecular formula is C9H12ClNO4S2. The van der Waals surface area contributed by atoms with Crippen molar-refractivity contribution >= 4 is 29.8 Å². The molecule has 5 nitrogen and oxygen atoms in total. The van der Waals surface area contributed by atoms with Gasteiger partial charge in [-0.2, -0.15) is 0 Å². The molecule has 8 heteroatoms. The lowest BCUT2D eigenvalue weighted by Gasteiger charge is -2.07. The van der Waals surface area contributed by atoms with Gasteiger partial charge in [-0.25, -0.2) is 21.6 Å². The van der Waals surface area contributed by atoms with Crippen LogP contribution in [0.1, 0.15) is 5.56 Å². The summed E-state index contributed by atoms with van der Waals surface area (Å²) in [4.78, 5) is 0.131. The Labute approximate surface area is 105 Å². The van der Waals surface area contributed by atoms with Gasteiger partial charge < -0.3 is 0 Å². The Bertz CT molecular complexity index is 595. The van der Waals surface area contributed by atoms with Crippen LogP contribution < -0.4 is 4.72 Å². The van der Waals surface area contributed by atoms with Crippen LogP contribution in [0, 0.1) is 6.92 Å². The summed E-state index contributed by atoms with van der Waals surface area (Å²) in [6.07, 6.45) is 0. The van der Waals surface area contributed by atoms with E-state index in [9.17, 15) is 16.8 Å². The molecule has 0 saturated carbocycles. The second kappa shape index (κ2) is 5.34. The zero-order valence-corrected chi connectivity index (χ0v) is 11.4. The van der Waals surface area contributed by atoms with Gasteiger partial charge >= 0.3 is 0 Å². The quantitative estimate of drug-likeness (QED) is 0.817. The molecule has 0 aromatic heterocycles.